The topological polar surface area (TPSA) is 226 Å². The van der Waals surface area contributed by atoms with E-state index >= 15 is 0 Å². The van der Waals surface area contributed by atoms with Crippen LogP contribution in [0, 0.1) is 65.0 Å². The number of hydrogen-bond acceptors (Lipinski definition) is 10. The molecule has 3 amide bonds. The Morgan fingerprint density at radius 2 is 0.755 bits per heavy atom. The summed E-state index contributed by atoms with van der Waals surface area (Å²) in [4.78, 5) is 78.1. The molecule has 6 rings (SSSR count). The molecule has 0 unspecified atom stereocenters. The molecule has 0 aliphatic heterocycles. The molecule has 270 valence electrons. The Hall–Kier alpha value is -5.36. The number of benzene rings is 3. The molecule has 3 heterocycles. The monoisotopic (exact) mass is 857 g/mol. The van der Waals surface area contributed by atoms with Gasteiger partial charge >= 0.3 is 49.4 Å². The van der Waals surface area contributed by atoms with Crippen LogP contribution in [-0.4, -0.2) is 76.1 Å². The Morgan fingerprint density at radius 3 is 1.04 bits per heavy atom. The molecule has 0 atom stereocenters. The largest absolute Gasteiger partial charge is 3.00 e. The van der Waals surface area contributed by atoms with E-state index in [4.69, 9.17) is 0 Å². The van der Waals surface area contributed by atoms with Gasteiger partial charge in [0.05, 0.1) is 0 Å². The Morgan fingerprint density at radius 1 is 0.491 bits per heavy atom. The third-order valence-electron chi connectivity index (χ3n) is 8.50. The van der Waals surface area contributed by atoms with Gasteiger partial charge in [0, 0.05) is 55.4 Å². The van der Waals surface area contributed by atoms with E-state index in [1.807, 2.05) is 0 Å². The maximum Gasteiger partial charge on any atom is 3.00 e. The van der Waals surface area contributed by atoms with E-state index in [2.05, 4.69) is 16.0 Å². The second-order valence-corrected chi connectivity index (χ2v) is 11.8. The van der Waals surface area contributed by atoms with E-state index in [0.717, 1.165) is 0 Å². The zero-order chi connectivity index (χ0) is 36.9. The average Bonchev–Trinajstić information content (AvgIpc) is 3.15. The van der Waals surface area contributed by atoms with Gasteiger partial charge in [0.2, 0.25) is 0 Å². The summed E-state index contributed by atoms with van der Waals surface area (Å²) in [5.41, 5.74) is -3.81. The summed E-state index contributed by atoms with van der Waals surface area (Å²) >= 11 is 0. The summed E-state index contributed by atoms with van der Waals surface area (Å²) in [5, 5.41) is 47.3. The van der Waals surface area contributed by atoms with Crippen molar-refractivity contribution in [3.63, 3.8) is 0 Å². The first-order valence-corrected chi connectivity index (χ1v) is 16.1. The third kappa shape index (κ3) is 8.33. The standard InChI is InChI=1S/C36H30N7O9.Eu/c44-31(28-19-22-7-1-4-10-25(22)34(47)41(28)50)37-13-16-40(17-14-38-32(45)29-20-23-8-2-5-11-26(23)35(48)42(29)51)18-15-39-33(46)30-21-24-9-3-6-12-27(24)36(49)43(30)52;/h1-12,19-21H,13-18H2,(H,37,44)(H,38,45)(H,39,46);/q-3;+3. The molecule has 3 aromatic heterocycles. The molecule has 53 heavy (non-hydrogen) atoms. The normalized spacial score (nSPS) is 11.0. The molecule has 0 spiro atoms. The van der Waals surface area contributed by atoms with Crippen LogP contribution in [0.3, 0.4) is 0 Å². The average molecular weight is 857 g/mol. The van der Waals surface area contributed by atoms with Gasteiger partial charge in [0.15, 0.2) is 0 Å². The molecule has 6 aromatic rings. The number of pyridine rings is 3. The minimum atomic E-state index is -0.874. The second-order valence-electron chi connectivity index (χ2n) is 11.8. The number of nitrogens with zero attached hydrogens (tertiary/aromatic N) is 4. The van der Waals surface area contributed by atoms with Gasteiger partial charge in [-0.3, -0.25) is 33.7 Å². The third-order valence-corrected chi connectivity index (χ3v) is 8.50. The number of carbonyl (C=O) groups is 3. The Labute approximate surface area is 340 Å². The minimum Gasteiger partial charge on any atom is -0.803 e. The molecule has 0 aliphatic rings. The molecule has 16 nitrogen and oxygen atoms in total. The second kappa shape index (κ2) is 17.0. The van der Waals surface area contributed by atoms with Gasteiger partial charge in [-0.05, 0) is 52.6 Å². The van der Waals surface area contributed by atoms with Crippen molar-refractivity contribution in [1.82, 2.24) is 35.0 Å². The summed E-state index contributed by atoms with van der Waals surface area (Å²) in [6.45, 7) is 0.280. The fraction of sp³-hybridized carbons (Fsp3) is 0.167. The first kappa shape index (κ1) is 38.9. The van der Waals surface area contributed by atoms with Gasteiger partial charge in [-0.2, -0.15) is 0 Å². The number of aromatic nitrogens is 3. The molecule has 17 heteroatoms. The maximum absolute atomic E-state index is 13.0. The minimum absolute atomic E-state index is 0. The number of carbonyl (C=O) groups excluding carboxylic acids is 3. The molecule has 0 radical (unpaired) electrons. The van der Waals surface area contributed by atoms with E-state index < -0.39 is 51.5 Å². The molecule has 0 saturated heterocycles. The van der Waals surface area contributed by atoms with Gasteiger partial charge in [0.25, 0.3) is 34.4 Å². The quantitative estimate of drug-likeness (QED) is 0.161. The van der Waals surface area contributed by atoms with Crippen LogP contribution in [0.25, 0.3) is 32.3 Å². The van der Waals surface area contributed by atoms with Crippen LogP contribution in [0.15, 0.2) is 105 Å². The van der Waals surface area contributed by atoms with Crippen molar-refractivity contribution < 1.29 is 63.8 Å². The smallest absolute Gasteiger partial charge is 0.803 e. The van der Waals surface area contributed by atoms with Gasteiger partial charge < -0.3 is 45.8 Å². The van der Waals surface area contributed by atoms with Gasteiger partial charge in [-0.25, -0.2) is 0 Å². The van der Waals surface area contributed by atoms with E-state index in [-0.39, 0.29) is 119 Å². The molecule has 3 N–H and O–H groups in total. The Kier molecular flexibility index (Phi) is 12.5. The fourth-order valence-electron chi connectivity index (χ4n) is 5.79. The van der Waals surface area contributed by atoms with Crippen molar-refractivity contribution >= 4 is 50.0 Å². The number of fused-ring (bicyclic) bond motifs is 3. The maximum atomic E-state index is 13.0. The number of amides is 3. The zero-order valence-corrected chi connectivity index (χ0v) is 30.2. The number of rotatable bonds is 12. The van der Waals surface area contributed by atoms with E-state index in [0.29, 0.717) is 16.2 Å². The Bertz CT molecular complexity index is 2270. The zero-order valence-electron chi connectivity index (χ0n) is 27.7. The van der Waals surface area contributed by atoms with Crippen LogP contribution in [-0.2, 0) is 0 Å². The van der Waals surface area contributed by atoms with Gasteiger partial charge in [0.1, 0.15) is 17.1 Å². The van der Waals surface area contributed by atoms with Crippen molar-refractivity contribution in [2.45, 2.75) is 0 Å². The van der Waals surface area contributed by atoms with Crippen LogP contribution in [0.2, 0.25) is 0 Å². The van der Waals surface area contributed by atoms with Crippen LogP contribution in [0.5, 0.6) is 0 Å². The fourth-order valence-corrected chi connectivity index (χ4v) is 5.79. The van der Waals surface area contributed by atoms with Gasteiger partial charge in [-0.15, -0.1) is 0 Å². The summed E-state index contributed by atoms with van der Waals surface area (Å²) in [5.74, 6) is -2.39. The Balaban J connectivity index is 0.00000541. The molecule has 0 saturated carbocycles. The SMILES string of the molecule is O=C(NCCN(CCNC(=O)c1cc2ccccc2c(=O)n1[O-])CCNC(=O)c1cc2ccccc2c(=O)n1[O-])c1cc2ccccc2c(=O)n1[O-].[Eu+3]. The van der Waals surface area contributed by atoms with Crippen LogP contribution in [0.1, 0.15) is 31.5 Å². The summed E-state index contributed by atoms with van der Waals surface area (Å²) < 4.78 is 0.0574. The molecular formula is C36H30EuN7O9. The molecule has 0 bridgehead atoms. The predicted molar refractivity (Wildman–Crippen MR) is 194 cm³/mol. The van der Waals surface area contributed by atoms with Crippen LogP contribution >= 0.6 is 0 Å². The molecule has 0 fully saturated rings. The van der Waals surface area contributed by atoms with Crippen molar-refractivity contribution in [1.29, 1.82) is 0 Å². The summed E-state index contributed by atoms with van der Waals surface area (Å²) in [6.07, 6.45) is 0. The first-order valence-electron chi connectivity index (χ1n) is 16.1. The molecular weight excluding hydrogens is 826 g/mol. The van der Waals surface area contributed by atoms with Crippen molar-refractivity contribution in [3.05, 3.63) is 155 Å². The summed E-state index contributed by atoms with van der Waals surface area (Å²) in [6, 6.07) is 23.0. The van der Waals surface area contributed by atoms with Crippen LogP contribution in [0.4, 0.5) is 0 Å². The van der Waals surface area contributed by atoms with E-state index in [1.165, 1.54) is 36.4 Å². The van der Waals surface area contributed by atoms with E-state index in [9.17, 15) is 44.4 Å². The van der Waals surface area contributed by atoms with E-state index in [1.54, 1.807) is 59.5 Å². The number of nitrogens with one attached hydrogen (secondary N) is 3. The van der Waals surface area contributed by atoms with Crippen molar-refractivity contribution in [2.24, 2.45) is 0 Å². The van der Waals surface area contributed by atoms with Crippen molar-refractivity contribution in [2.75, 3.05) is 39.3 Å². The first-order chi connectivity index (χ1) is 25.0. The summed E-state index contributed by atoms with van der Waals surface area (Å²) in [7, 11) is 0. The number of hydrogen-bond donors (Lipinski definition) is 3. The van der Waals surface area contributed by atoms with Crippen molar-refractivity contribution in [3.8, 4) is 0 Å². The predicted octanol–water partition coefficient (Wildman–Crippen LogP) is 1.56. The van der Waals surface area contributed by atoms with Gasteiger partial charge in [-0.1, -0.05) is 54.6 Å². The molecule has 0 aliphatic carbocycles. The van der Waals surface area contributed by atoms with Crippen LogP contribution < -0.4 is 32.6 Å². The molecule has 3 aromatic carbocycles.